The van der Waals surface area contributed by atoms with Gasteiger partial charge in [-0.1, -0.05) is 6.07 Å². The summed E-state index contributed by atoms with van der Waals surface area (Å²) in [4.78, 5) is 16.9. The quantitative estimate of drug-likeness (QED) is 0.672. The van der Waals surface area contributed by atoms with E-state index in [1.54, 1.807) is 34.8 Å². The van der Waals surface area contributed by atoms with E-state index in [-0.39, 0.29) is 18.2 Å². The van der Waals surface area contributed by atoms with Crippen LogP contribution in [-0.4, -0.2) is 43.9 Å². The predicted octanol–water partition coefficient (Wildman–Crippen LogP) is 3.38. The fourth-order valence-corrected chi connectivity index (χ4v) is 3.80. The molecule has 1 aliphatic heterocycles. The van der Waals surface area contributed by atoms with Crippen LogP contribution < -0.4 is 24.3 Å². The van der Waals surface area contributed by atoms with E-state index in [4.69, 9.17) is 18.9 Å². The number of fused-ring (bicyclic) bond motifs is 1. The van der Waals surface area contributed by atoms with Gasteiger partial charge in [0.05, 0.1) is 39.8 Å². The van der Waals surface area contributed by atoms with Gasteiger partial charge in [0.25, 0.3) is 0 Å². The van der Waals surface area contributed by atoms with E-state index >= 15 is 0 Å². The number of carbonyl (C=O) groups is 1. The number of aromatic nitrogens is 2. The number of benzene rings is 2. The first kappa shape index (κ1) is 19.6. The van der Waals surface area contributed by atoms with E-state index in [2.05, 4.69) is 10.3 Å². The number of hydrogen-bond donors (Lipinski definition) is 1. The van der Waals surface area contributed by atoms with Crippen LogP contribution in [0.4, 0.5) is 5.82 Å². The highest BCUT2D eigenvalue weighted by molar-refractivity contribution is 5.94. The maximum absolute atomic E-state index is 12.4. The zero-order chi connectivity index (χ0) is 21.3. The minimum Gasteiger partial charge on any atom is -0.497 e. The fourth-order valence-electron chi connectivity index (χ4n) is 3.80. The SMILES string of the molecule is COc1cccc(-n2cnc3c2[C@@H](c2cc(OC)c(OC)c(OC)c2)CC(=O)N3)c1. The second-order valence-corrected chi connectivity index (χ2v) is 6.81. The molecule has 0 unspecified atom stereocenters. The number of imidazole rings is 1. The second kappa shape index (κ2) is 7.98. The maximum atomic E-state index is 12.4. The van der Waals surface area contributed by atoms with Crippen LogP contribution in [0.1, 0.15) is 23.6 Å². The molecule has 2 heterocycles. The fraction of sp³-hybridized carbons (Fsp3) is 0.273. The van der Waals surface area contributed by atoms with E-state index in [1.807, 2.05) is 41.0 Å². The summed E-state index contributed by atoms with van der Waals surface area (Å²) in [6.45, 7) is 0. The Balaban J connectivity index is 1.88. The topological polar surface area (TPSA) is 83.8 Å². The third-order valence-electron chi connectivity index (χ3n) is 5.20. The molecule has 0 radical (unpaired) electrons. The summed E-state index contributed by atoms with van der Waals surface area (Å²) in [6, 6.07) is 11.4. The molecule has 156 valence electrons. The number of anilines is 1. The van der Waals surface area contributed by atoms with E-state index in [9.17, 15) is 4.79 Å². The third-order valence-corrected chi connectivity index (χ3v) is 5.20. The van der Waals surface area contributed by atoms with Gasteiger partial charge in [-0.3, -0.25) is 4.79 Å². The average Bonchev–Trinajstić information content (AvgIpc) is 3.21. The lowest BCUT2D eigenvalue weighted by Crippen LogP contribution is -2.25. The first-order chi connectivity index (χ1) is 14.6. The lowest BCUT2D eigenvalue weighted by atomic mass is 9.89. The Bertz CT molecular complexity index is 1070. The minimum atomic E-state index is -0.254. The van der Waals surface area contributed by atoms with Gasteiger partial charge in [0.15, 0.2) is 17.3 Å². The van der Waals surface area contributed by atoms with Gasteiger partial charge < -0.3 is 28.8 Å². The Labute approximate surface area is 174 Å². The number of carbonyl (C=O) groups excluding carboxylic acids is 1. The van der Waals surface area contributed by atoms with Crippen molar-refractivity contribution < 1.29 is 23.7 Å². The van der Waals surface area contributed by atoms with Crippen LogP contribution >= 0.6 is 0 Å². The summed E-state index contributed by atoms with van der Waals surface area (Å²) in [5.74, 6) is 2.49. The molecule has 1 atom stereocenters. The molecule has 1 aliphatic rings. The molecule has 8 nitrogen and oxygen atoms in total. The highest BCUT2D eigenvalue weighted by Crippen LogP contribution is 2.44. The lowest BCUT2D eigenvalue weighted by Gasteiger charge is -2.26. The van der Waals surface area contributed by atoms with Crippen molar-refractivity contribution >= 4 is 11.7 Å². The molecule has 0 saturated heterocycles. The zero-order valence-electron chi connectivity index (χ0n) is 17.3. The summed E-state index contributed by atoms with van der Waals surface area (Å²) in [5, 5.41) is 2.87. The third kappa shape index (κ3) is 3.30. The molecule has 30 heavy (non-hydrogen) atoms. The number of hydrogen-bond acceptors (Lipinski definition) is 6. The van der Waals surface area contributed by atoms with Gasteiger partial charge in [-0.15, -0.1) is 0 Å². The van der Waals surface area contributed by atoms with Crippen LogP contribution in [0.3, 0.4) is 0 Å². The Morgan fingerprint density at radius 1 is 1.00 bits per heavy atom. The first-order valence-electron chi connectivity index (χ1n) is 9.41. The van der Waals surface area contributed by atoms with Gasteiger partial charge in [0.2, 0.25) is 11.7 Å². The van der Waals surface area contributed by atoms with Crippen molar-refractivity contribution in [3.63, 3.8) is 0 Å². The number of nitrogens with zero attached hydrogens (tertiary/aromatic N) is 2. The van der Waals surface area contributed by atoms with Gasteiger partial charge in [-0.25, -0.2) is 4.98 Å². The van der Waals surface area contributed by atoms with Crippen LogP contribution in [0, 0.1) is 0 Å². The number of amides is 1. The van der Waals surface area contributed by atoms with Crippen molar-refractivity contribution in [1.29, 1.82) is 0 Å². The summed E-state index contributed by atoms with van der Waals surface area (Å²) >= 11 is 0. The number of rotatable bonds is 6. The van der Waals surface area contributed by atoms with Crippen LogP contribution in [0.25, 0.3) is 5.69 Å². The Kier molecular flexibility index (Phi) is 5.22. The smallest absolute Gasteiger partial charge is 0.226 e. The lowest BCUT2D eigenvalue weighted by molar-refractivity contribution is -0.116. The zero-order valence-corrected chi connectivity index (χ0v) is 17.3. The Morgan fingerprint density at radius 3 is 2.37 bits per heavy atom. The van der Waals surface area contributed by atoms with Gasteiger partial charge in [0.1, 0.15) is 12.1 Å². The highest BCUT2D eigenvalue weighted by atomic mass is 16.5. The van der Waals surface area contributed by atoms with Crippen LogP contribution in [0.15, 0.2) is 42.7 Å². The van der Waals surface area contributed by atoms with Crippen molar-refractivity contribution in [1.82, 2.24) is 9.55 Å². The monoisotopic (exact) mass is 409 g/mol. The molecular weight excluding hydrogens is 386 g/mol. The molecule has 0 saturated carbocycles. The molecule has 3 aromatic rings. The van der Waals surface area contributed by atoms with Gasteiger partial charge in [-0.2, -0.15) is 0 Å². The maximum Gasteiger partial charge on any atom is 0.226 e. The Hall–Kier alpha value is -3.68. The summed E-state index contributed by atoms with van der Waals surface area (Å²) < 4.78 is 23.8. The van der Waals surface area contributed by atoms with E-state index in [0.717, 1.165) is 22.7 Å². The van der Waals surface area contributed by atoms with Crippen molar-refractivity contribution in [2.24, 2.45) is 0 Å². The largest absolute Gasteiger partial charge is 0.497 e. The second-order valence-electron chi connectivity index (χ2n) is 6.81. The molecule has 0 aliphatic carbocycles. The van der Waals surface area contributed by atoms with Crippen molar-refractivity contribution in [3.05, 3.63) is 54.0 Å². The number of methoxy groups -OCH3 is 4. The standard InChI is InChI=1S/C22H23N3O5/c1-27-15-7-5-6-14(10-15)25-12-23-22-20(25)16(11-19(26)24-22)13-8-17(28-2)21(30-4)18(9-13)29-3/h5-10,12,16H,11H2,1-4H3,(H,24,26)/t16-/m1/s1. The molecule has 1 N–H and O–H groups in total. The minimum absolute atomic E-state index is 0.0999. The Morgan fingerprint density at radius 2 is 1.73 bits per heavy atom. The van der Waals surface area contributed by atoms with Crippen molar-refractivity contribution in [2.45, 2.75) is 12.3 Å². The molecule has 8 heteroatoms. The first-order valence-corrected chi connectivity index (χ1v) is 9.41. The summed E-state index contributed by atoms with van der Waals surface area (Å²) in [5.41, 5.74) is 2.62. The molecule has 0 bridgehead atoms. The molecule has 4 rings (SSSR count). The van der Waals surface area contributed by atoms with E-state index < -0.39 is 0 Å². The van der Waals surface area contributed by atoms with Gasteiger partial charge >= 0.3 is 0 Å². The van der Waals surface area contributed by atoms with Crippen LogP contribution in [0.5, 0.6) is 23.0 Å². The van der Waals surface area contributed by atoms with Gasteiger partial charge in [-0.05, 0) is 29.8 Å². The molecule has 1 aromatic heterocycles. The molecular formula is C22H23N3O5. The van der Waals surface area contributed by atoms with Crippen LogP contribution in [0.2, 0.25) is 0 Å². The molecule has 0 spiro atoms. The molecule has 2 aromatic carbocycles. The summed E-state index contributed by atoms with van der Waals surface area (Å²) in [6.07, 6.45) is 1.97. The average molecular weight is 409 g/mol. The van der Waals surface area contributed by atoms with E-state index in [0.29, 0.717) is 23.1 Å². The van der Waals surface area contributed by atoms with Crippen molar-refractivity contribution in [2.75, 3.05) is 33.8 Å². The normalized spacial score (nSPS) is 15.2. The number of nitrogens with one attached hydrogen (secondary N) is 1. The van der Waals surface area contributed by atoms with Crippen molar-refractivity contribution in [3.8, 4) is 28.7 Å². The van der Waals surface area contributed by atoms with E-state index in [1.165, 1.54) is 0 Å². The predicted molar refractivity (Wildman–Crippen MR) is 111 cm³/mol. The molecule has 1 amide bonds. The highest BCUT2D eigenvalue weighted by Gasteiger charge is 2.32. The van der Waals surface area contributed by atoms with Crippen LogP contribution in [-0.2, 0) is 4.79 Å². The summed E-state index contributed by atoms with van der Waals surface area (Å²) in [7, 11) is 6.33. The molecule has 0 fully saturated rings. The van der Waals surface area contributed by atoms with Gasteiger partial charge in [0, 0.05) is 18.4 Å². The number of ether oxygens (including phenoxy) is 4.